The van der Waals surface area contributed by atoms with Crippen molar-refractivity contribution in [2.75, 3.05) is 21.3 Å². The molecule has 0 aliphatic carbocycles. The van der Waals surface area contributed by atoms with Gasteiger partial charge in [0.2, 0.25) is 21.7 Å². The van der Waals surface area contributed by atoms with Crippen molar-refractivity contribution in [2.45, 2.75) is 11.4 Å². The van der Waals surface area contributed by atoms with Crippen molar-refractivity contribution in [1.29, 1.82) is 0 Å². The zero-order valence-electron chi connectivity index (χ0n) is 15.5. The molecule has 0 amide bonds. The smallest absolute Gasteiger partial charge is 0.242 e. The molecule has 0 radical (unpaired) electrons. The summed E-state index contributed by atoms with van der Waals surface area (Å²) in [4.78, 5) is 4.23. The van der Waals surface area contributed by atoms with Crippen LogP contribution in [0.3, 0.4) is 0 Å². The molecule has 9 nitrogen and oxygen atoms in total. The van der Waals surface area contributed by atoms with Gasteiger partial charge in [-0.3, -0.25) is 0 Å². The van der Waals surface area contributed by atoms with E-state index in [0.29, 0.717) is 28.6 Å². The van der Waals surface area contributed by atoms with Gasteiger partial charge in [0, 0.05) is 11.6 Å². The van der Waals surface area contributed by atoms with Crippen molar-refractivity contribution < 1.29 is 27.2 Å². The third-order valence-corrected chi connectivity index (χ3v) is 5.27. The van der Waals surface area contributed by atoms with Crippen LogP contribution in [0.2, 0.25) is 0 Å². The number of aromatic nitrogens is 2. The van der Waals surface area contributed by atoms with E-state index in [9.17, 15) is 8.42 Å². The number of methoxy groups -OCH3 is 3. The highest BCUT2D eigenvalue weighted by Crippen LogP contribution is 2.29. The average molecular weight is 405 g/mol. The molecular formula is C18H19N3O6S. The molecule has 28 heavy (non-hydrogen) atoms. The quantitative estimate of drug-likeness (QED) is 0.607. The standard InChI is InChI=1S/C18H19N3O6S/c1-24-13-6-4-5-12(9-13)18-20-17(27-21-18)11-19-28(22,23)14-7-8-15(25-2)16(10-14)26-3/h4-10,19H,11H2,1-3H3. The summed E-state index contributed by atoms with van der Waals surface area (Å²) >= 11 is 0. The summed E-state index contributed by atoms with van der Waals surface area (Å²) in [6, 6.07) is 11.4. The van der Waals surface area contributed by atoms with E-state index in [1.165, 1.54) is 32.4 Å². The van der Waals surface area contributed by atoms with E-state index >= 15 is 0 Å². The van der Waals surface area contributed by atoms with Crippen LogP contribution in [0.5, 0.6) is 17.2 Å². The van der Waals surface area contributed by atoms with Crippen molar-refractivity contribution in [3.63, 3.8) is 0 Å². The SMILES string of the molecule is COc1cccc(-c2noc(CNS(=O)(=O)c3ccc(OC)c(OC)c3)n2)c1. The van der Waals surface area contributed by atoms with Gasteiger partial charge in [-0.15, -0.1) is 0 Å². The Morgan fingerprint density at radius 3 is 2.50 bits per heavy atom. The molecule has 0 atom stereocenters. The maximum absolute atomic E-state index is 12.5. The maximum atomic E-state index is 12.5. The number of sulfonamides is 1. The summed E-state index contributed by atoms with van der Waals surface area (Å²) in [7, 11) is 0.647. The van der Waals surface area contributed by atoms with Crippen LogP contribution in [0.15, 0.2) is 51.9 Å². The fourth-order valence-corrected chi connectivity index (χ4v) is 3.42. The first-order valence-corrected chi connectivity index (χ1v) is 9.64. The Morgan fingerprint density at radius 2 is 1.79 bits per heavy atom. The van der Waals surface area contributed by atoms with Crippen LogP contribution in [0.4, 0.5) is 0 Å². The van der Waals surface area contributed by atoms with Crippen molar-refractivity contribution in [3.8, 4) is 28.6 Å². The number of hydrogen-bond acceptors (Lipinski definition) is 8. The van der Waals surface area contributed by atoms with Gasteiger partial charge >= 0.3 is 0 Å². The molecule has 3 aromatic rings. The third kappa shape index (κ3) is 4.24. The lowest BCUT2D eigenvalue weighted by Crippen LogP contribution is -2.23. The maximum Gasteiger partial charge on any atom is 0.242 e. The zero-order valence-corrected chi connectivity index (χ0v) is 16.3. The molecule has 10 heteroatoms. The topological polar surface area (TPSA) is 113 Å². The summed E-state index contributed by atoms with van der Waals surface area (Å²) in [6.45, 7) is -0.159. The molecule has 0 saturated carbocycles. The number of benzene rings is 2. The Balaban J connectivity index is 1.74. The van der Waals surface area contributed by atoms with Gasteiger partial charge in [0.05, 0.1) is 32.8 Å². The Labute approximate surface area is 162 Å². The monoisotopic (exact) mass is 405 g/mol. The summed E-state index contributed by atoms with van der Waals surface area (Å²) in [5, 5.41) is 3.87. The molecule has 3 rings (SSSR count). The minimum absolute atomic E-state index is 0.0256. The van der Waals surface area contributed by atoms with Crippen molar-refractivity contribution in [2.24, 2.45) is 0 Å². The van der Waals surface area contributed by atoms with Crippen LogP contribution in [0, 0.1) is 0 Å². The minimum atomic E-state index is -3.82. The molecule has 0 bridgehead atoms. The first-order chi connectivity index (χ1) is 13.5. The van der Waals surface area contributed by atoms with Crippen molar-refractivity contribution >= 4 is 10.0 Å². The Kier molecular flexibility index (Phi) is 5.81. The Hall–Kier alpha value is -3.11. The normalized spacial score (nSPS) is 11.2. The lowest BCUT2D eigenvalue weighted by molar-refractivity contribution is 0.353. The summed E-state index contributed by atoms with van der Waals surface area (Å²) in [5.41, 5.74) is 0.692. The Morgan fingerprint density at radius 1 is 1.00 bits per heavy atom. The van der Waals surface area contributed by atoms with Gasteiger partial charge < -0.3 is 18.7 Å². The van der Waals surface area contributed by atoms with Crippen LogP contribution in [0.1, 0.15) is 5.89 Å². The first kappa shape index (κ1) is 19.6. The fraction of sp³-hybridized carbons (Fsp3) is 0.222. The average Bonchev–Trinajstić information content (AvgIpc) is 3.21. The first-order valence-electron chi connectivity index (χ1n) is 8.15. The highest BCUT2D eigenvalue weighted by molar-refractivity contribution is 7.89. The predicted octanol–water partition coefficient (Wildman–Crippen LogP) is 2.24. The number of rotatable bonds is 8. The van der Waals surface area contributed by atoms with E-state index in [1.807, 2.05) is 0 Å². The van der Waals surface area contributed by atoms with Gasteiger partial charge in [-0.2, -0.15) is 4.98 Å². The molecule has 2 aromatic carbocycles. The highest BCUT2D eigenvalue weighted by Gasteiger charge is 2.19. The predicted molar refractivity (Wildman–Crippen MR) is 99.9 cm³/mol. The zero-order chi connectivity index (χ0) is 20.1. The molecule has 0 aliphatic rings. The molecular weight excluding hydrogens is 386 g/mol. The lowest BCUT2D eigenvalue weighted by atomic mass is 10.2. The van der Waals surface area contributed by atoms with E-state index in [-0.39, 0.29) is 17.3 Å². The van der Waals surface area contributed by atoms with Crippen molar-refractivity contribution in [1.82, 2.24) is 14.9 Å². The highest BCUT2D eigenvalue weighted by atomic mass is 32.2. The minimum Gasteiger partial charge on any atom is -0.497 e. The largest absolute Gasteiger partial charge is 0.497 e. The number of nitrogens with one attached hydrogen (secondary N) is 1. The molecule has 1 heterocycles. The molecule has 0 fully saturated rings. The van der Waals surface area contributed by atoms with Crippen molar-refractivity contribution in [3.05, 3.63) is 48.4 Å². The molecule has 0 unspecified atom stereocenters. The van der Waals surface area contributed by atoms with Crippen LogP contribution in [-0.2, 0) is 16.6 Å². The van der Waals surface area contributed by atoms with E-state index in [4.69, 9.17) is 18.7 Å². The second-order valence-electron chi connectivity index (χ2n) is 5.59. The molecule has 0 aliphatic heterocycles. The van der Waals surface area contributed by atoms with Gasteiger partial charge in [-0.1, -0.05) is 17.3 Å². The number of hydrogen-bond donors (Lipinski definition) is 1. The molecule has 0 saturated heterocycles. The van der Waals surface area contributed by atoms with Gasteiger partial charge in [0.15, 0.2) is 11.5 Å². The van der Waals surface area contributed by atoms with Crippen LogP contribution >= 0.6 is 0 Å². The molecule has 0 spiro atoms. The van der Waals surface area contributed by atoms with Crippen LogP contribution in [0.25, 0.3) is 11.4 Å². The van der Waals surface area contributed by atoms with E-state index in [0.717, 1.165) is 0 Å². The fourth-order valence-electron chi connectivity index (χ4n) is 2.43. The molecule has 148 valence electrons. The second kappa shape index (κ2) is 8.28. The van der Waals surface area contributed by atoms with E-state index in [2.05, 4.69) is 14.9 Å². The summed E-state index contributed by atoms with van der Waals surface area (Å²) in [6.07, 6.45) is 0. The lowest BCUT2D eigenvalue weighted by Gasteiger charge is -2.10. The number of nitrogens with zero attached hydrogens (tertiary/aromatic N) is 2. The molecule has 1 aromatic heterocycles. The number of ether oxygens (including phenoxy) is 3. The second-order valence-corrected chi connectivity index (χ2v) is 7.35. The van der Waals surface area contributed by atoms with Crippen LogP contribution < -0.4 is 18.9 Å². The van der Waals surface area contributed by atoms with Gasteiger partial charge in [0.1, 0.15) is 5.75 Å². The van der Waals surface area contributed by atoms with Gasteiger partial charge in [-0.25, -0.2) is 13.1 Å². The summed E-state index contributed by atoms with van der Waals surface area (Å²) in [5.74, 6) is 1.85. The van der Waals surface area contributed by atoms with E-state index in [1.54, 1.807) is 31.4 Å². The van der Waals surface area contributed by atoms with Gasteiger partial charge in [0.25, 0.3) is 0 Å². The summed E-state index contributed by atoms with van der Waals surface area (Å²) < 4.78 is 48.0. The molecule has 1 N–H and O–H groups in total. The van der Waals surface area contributed by atoms with Crippen LogP contribution in [-0.4, -0.2) is 39.9 Å². The van der Waals surface area contributed by atoms with E-state index < -0.39 is 10.0 Å². The Bertz CT molecular complexity index is 1060. The van der Waals surface area contributed by atoms with Gasteiger partial charge in [-0.05, 0) is 24.3 Å². The third-order valence-electron chi connectivity index (χ3n) is 3.87.